The lowest BCUT2D eigenvalue weighted by Crippen LogP contribution is -2.49. The molecule has 0 bridgehead atoms. The van der Waals surface area contributed by atoms with Crippen LogP contribution in [-0.4, -0.2) is 79.5 Å². The molecule has 3 atom stereocenters. The van der Waals surface area contributed by atoms with E-state index in [9.17, 15) is 29.9 Å². The average Bonchev–Trinajstić information content (AvgIpc) is 3.71. The van der Waals surface area contributed by atoms with Gasteiger partial charge in [-0.25, -0.2) is 0 Å². The number of carbonyl (C=O) groups is 2. The van der Waals surface area contributed by atoms with Gasteiger partial charge >= 0.3 is 0 Å². The molecule has 3 aromatic carbocycles. The van der Waals surface area contributed by atoms with E-state index in [0.717, 1.165) is 11.3 Å². The van der Waals surface area contributed by atoms with E-state index in [1.165, 1.54) is 23.1 Å². The summed E-state index contributed by atoms with van der Waals surface area (Å²) in [5.74, 6) is -0.819. The number of anilines is 3. The summed E-state index contributed by atoms with van der Waals surface area (Å²) >= 11 is 0. The maximum absolute atomic E-state index is 14.3. The third-order valence-electron chi connectivity index (χ3n) is 10.1. The van der Waals surface area contributed by atoms with Crippen molar-refractivity contribution in [3.8, 4) is 5.75 Å². The van der Waals surface area contributed by atoms with Gasteiger partial charge in [0.1, 0.15) is 5.75 Å². The van der Waals surface area contributed by atoms with E-state index in [1.807, 2.05) is 49.4 Å². The summed E-state index contributed by atoms with van der Waals surface area (Å²) in [6, 6.07) is 16.5. The number of aryl methyl sites for hydroxylation is 1. The number of aromatic nitrogens is 3. The van der Waals surface area contributed by atoms with Crippen molar-refractivity contribution in [1.29, 1.82) is 0 Å². The Kier molecular flexibility index (Phi) is 12.4. The van der Waals surface area contributed by atoms with Crippen LogP contribution in [0.4, 0.5) is 22.7 Å². The molecular formula is C40H47N7O8. The molecule has 2 aliphatic heterocycles. The third-order valence-corrected chi connectivity index (χ3v) is 10.1. The van der Waals surface area contributed by atoms with Gasteiger partial charge in [-0.05, 0) is 86.7 Å². The van der Waals surface area contributed by atoms with Crippen LogP contribution in [0, 0.1) is 16.0 Å². The van der Waals surface area contributed by atoms with Crippen LogP contribution in [0.15, 0.2) is 79.0 Å². The maximum atomic E-state index is 14.3. The van der Waals surface area contributed by atoms with Gasteiger partial charge in [-0.2, -0.15) is 0 Å². The van der Waals surface area contributed by atoms with Gasteiger partial charge in [-0.3, -0.25) is 29.3 Å². The number of nitrogens with one attached hydrogen (secondary N) is 1. The Morgan fingerprint density at radius 2 is 1.91 bits per heavy atom. The first-order valence-electron chi connectivity index (χ1n) is 18.6. The molecule has 2 aliphatic rings. The Hall–Kier alpha value is -5.48. The number of carbonyl (C=O) groups excluding carboxylic acids is 2. The van der Waals surface area contributed by atoms with Crippen LogP contribution in [0.2, 0.25) is 0 Å². The number of ether oxygens (including phenoxy) is 1. The minimum Gasteiger partial charge on any atom is -0.494 e. The highest BCUT2D eigenvalue weighted by molar-refractivity contribution is 6.08. The lowest BCUT2D eigenvalue weighted by atomic mass is 9.82. The fourth-order valence-electron chi connectivity index (χ4n) is 7.23. The summed E-state index contributed by atoms with van der Waals surface area (Å²) in [7, 11) is 0. The molecule has 1 unspecified atom stereocenters. The number of nitro benzene ring substituents is 1. The highest BCUT2D eigenvalue weighted by Crippen LogP contribution is 2.47. The minimum atomic E-state index is -2.09. The second-order valence-corrected chi connectivity index (χ2v) is 13.8. The van der Waals surface area contributed by atoms with E-state index < -0.39 is 28.4 Å². The number of benzene rings is 3. The molecule has 0 saturated heterocycles. The molecule has 0 fully saturated rings. The number of rotatable bonds is 18. The summed E-state index contributed by atoms with van der Waals surface area (Å²) in [6.07, 6.45) is 8.01. The summed E-state index contributed by atoms with van der Waals surface area (Å²) < 4.78 is 7.41. The molecule has 55 heavy (non-hydrogen) atoms. The largest absolute Gasteiger partial charge is 0.494 e. The SMILES string of the molecule is CCOc1ccc2c(c1)CC(NCCCCO)C(=O)N2c1cccc(CN2C(=O)[C@](O)([C@H](C)/C=C/CCn3cc(CCO)nn3)c3cc([N+](=O)[O-])ccc32)c1. The van der Waals surface area contributed by atoms with Crippen LogP contribution in [0.3, 0.4) is 0 Å². The molecule has 290 valence electrons. The number of hydrogen-bond acceptors (Lipinski definition) is 11. The number of non-ortho nitro benzene ring substituents is 1. The Bertz CT molecular complexity index is 2050. The van der Waals surface area contributed by atoms with Crippen molar-refractivity contribution < 1.29 is 34.6 Å². The molecule has 3 heterocycles. The molecular weight excluding hydrogens is 706 g/mol. The summed E-state index contributed by atoms with van der Waals surface area (Å²) in [5, 5.41) is 53.8. The molecule has 4 aromatic rings. The Balaban J connectivity index is 1.27. The zero-order valence-electron chi connectivity index (χ0n) is 31.0. The molecule has 1 aromatic heterocycles. The maximum Gasteiger partial charge on any atom is 0.269 e. The molecule has 6 rings (SSSR count). The van der Waals surface area contributed by atoms with Gasteiger partial charge in [-0.15, -0.1) is 5.10 Å². The standard InChI is InChI=1S/C40H47N7O8/c1-3-55-33-13-15-36-29(22-33)23-35(41-17-5-7-19-48)38(50)46(36)31-11-8-10-28(21-31)25-45-37-14-12-32(47(53)54)24-34(37)40(52,39(45)51)27(2)9-4-6-18-44-26-30(16-20-49)42-43-44/h4,8-15,21-22,24,26-27,35,41,48-49,52H,3,5-7,16-20,23,25H2,1-2H3/b9-4+/t27-,35?,40+/m1/s1. The van der Waals surface area contributed by atoms with E-state index in [2.05, 4.69) is 15.6 Å². The van der Waals surface area contributed by atoms with Crippen LogP contribution >= 0.6 is 0 Å². The molecule has 0 radical (unpaired) electrons. The molecule has 2 amide bonds. The van der Waals surface area contributed by atoms with Gasteiger partial charge in [-0.1, -0.05) is 36.4 Å². The van der Waals surface area contributed by atoms with Crippen molar-refractivity contribution in [2.75, 3.05) is 36.2 Å². The van der Waals surface area contributed by atoms with Gasteiger partial charge in [0.25, 0.3) is 11.6 Å². The average molecular weight is 754 g/mol. The number of aliphatic hydroxyl groups excluding tert-OH is 2. The van der Waals surface area contributed by atoms with Gasteiger partial charge < -0.3 is 30.3 Å². The summed E-state index contributed by atoms with van der Waals surface area (Å²) in [4.78, 5) is 42.8. The van der Waals surface area contributed by atoms with E-state index >= 15 is 0 Å². The zero-order valence-corrected chi connectivity index (χ0v) is 31.0. The Labute approximate surface area is 319 Å². The zero-order chi connectivity index (χ0) is 39.1. The Morgan fingerprint density at radius 3 is 2.67 bits per heavy atom. The van der Waals surface area contributed by atoms with E-state index in [4.69, 9.17) is 9.84 Å². The van der Waals surface area contributed by atoms with Gasteiger partial charge in [0.05, 0.1) is 41.2 Å². The predicted molar refractivity (Wildman–Crippen MR) is 205 cm³/mol. The van der Waals surface area contributed by atoms with Crippen LogP contribution < -0.4 is 19.9 Å². The van der Waals surface area contributed by atoms with Crippen LogP contribution in [-0.2, 0) is 41.1 Å². The monoisotopic (exact) mass is 753 g/mol. The smallest absolute Gasteiger partial charge is 0.269 e. The lowest BCUT2D eigenvalue weighted by Gasteiger charge is -2.35. The number of allylic oxidation sites excluding steroid dienone is 1. The van der Waals surface area contributed by atoms with Crippen molar-refractivity contribution in [2.24, 2.45) is 5.92 Å². The molecule has 15 heteroatoms. The number of fused-ring (bicyclic) bond motifs is 2. The first-order chi connectivity index (χ1) is 26.6. The number of amides is 2. The second kappa shape index (κ2) is 17.3. The van der Waals surface area contributed by atoms with Gasteiger partial charge in [0.15, 0.2) is 5.60 Å². The number of unbranched alkanes of at least 4 members (excludes halogenated alkanes) is 1. The highest BCUT2D eigenvalue weighted by Gasteiger charge is 2.53. The van der Waals surface area contributed by atoms with Crippen molar-refractivity contribution in [2.45, 2.75) is 70.7 Å². The van der Waals surface area contributed by atoms with E-state index in [0.29, 0.717) is 80.2 Å². The molecule has 0 saturated carbocycles. The van der Waals surface area contributed by atoms with Crippen molar-refractivity contribution in [1.82, 2.24) is 20.3 Å². The van der Waals surface area contributed by atoms with Crippen LogP contribution in [0.5, 0.6) is 5.75 Å². The quantitative estimate of drug-likeness (QED) is 0.0495. The molecule has 15 nitrogen and oxygen atoms in total. The summed E-state index contributed by atoms with van der Waals surface area (Å²) in [5.41, 5.74) is 1.75. The number of nitro groups is 1. The van der Waals surface area contributed by atoms with Gasteiger partial charge in [0, 0.05) is 61.7 Å². The highest BCUT2D eigenvalue weighted by atomic mass is 16.6. The van der Waals surface area contributed by atoms with E-state index in [-0.39, 0.29) is 36.9 Å². The van der Waals surface area contributed by atoms with Crippen molar-refractivity contribution in [3.05, 3.63) is 112 Å². The molecule has 4 N–H and O–H groups in total. The first kappa shape index (κ1) is 39.2. The minimum absolute atomic E-state index is 0.0275. The van der Waals surface area contributed by atoms with Gasteiger partial charge in [0.2, 0.25) is 5.91 Å². The van der Waals surface area contributed by atoms with Crippen LogP contribution in [0.1, 0.15) is 55.5 Å². The first-order valence-corrected chi connectivity index (χ1v) is 18.6. The topological polar surface area (TPSA) is 196 Å². The van der Waals surface area contributed by atoms with Crippen molar-refractivity contribution in [3.63, 3.8) is 0 Å². The predicted octanol–water partition coefficient (Wildman–Crippen LogP) is 4.09. The number of nitrogens with zero attached hydrogens (tertiary/aromatic N) is 6. The van der Waals surface area contributed by atoms with Crippen LogP contribution in [0.25, 0.3) is 0 Å². The number of aliphatic hydroxyl groups is 3. The normalized spacial score (nSPS) is 18.5. The number of hydrogen-bond donors (Lipinski definition) is 4. The molecule has 0 spiro atoms. The van der Waals surface area contributed by atoms with E-state index in [1.54, 1.807) is 34.8 Å². The molecule has 0 aliphatic carbocycles. The summed E-state index contributed by atoms with van der Waals surface area (Å²) in [6.45, 7) is 5.22. The lowest BCUT2D eigenvalue weighted by molar-refractivity contribution is -0.385. The third kappa shape index (κ3) is 8.29. The fraction of sp³-hybridized carbons (Fsp3) is 0.400. The Morgan fingerprint density at radius 1 is 1.09 bits per heavy atom. The fourth-order valence-corrected chi connectivity index (χ4v) is 7.23. The van der Waals surface area contributed by atoms with Crippen molar-refractivity contribution >= 4 is 34.6 Å². The second-order valence-electron chi connectivity index (χ2n) is 13.8.